The molecule has 6 nitrogen and oxygen atoms in total. The Morgan fingerprint density at radius 1 is 1.29 bits per heavy atom. The predicted molar refractivity (Wildman–Crippen MR) is 61.5 cm³/mol. The van der Waals surface area contributed by atoms with E-state index in [0.29, 0.717) is 0 Å². The van der Waals surface area contributed by atoms with Gasteiger partial charge in [-0.1, -0.05) is 6.58 Å². The molecule has 1 atom stereocenters. The Balaban J connectivity index is 5.31. The highest BCUT2D eigenvalue weighted by atomic mass is 32.3. The fourth-order valence-corrected chi connectivity index (χ4v) is 1.80. The van der Waals surface area contributed by atoms with Crippen LogP contribution in [0.1, 0.15) is 27.7 Å². The van der Waals surface area contributed by atoms with E-state index in [1.165, 1.54) is 20.8 Å². The van der Waals surface area contributed by atoms with E-state index in [0.717, 1.165) is 14.0 Å². The lowest BCUT2D eigenvalue weighted by atomic mass is 9.82. The topological polar surface area (TPSA) is 89.9 Å². The average molecular weight is 266 g/mol. The first kappa shape index (κ1) is 16.2. The minimum absolute atomic E-state index is 0.0986. The summed E-state index contributed by atoms with van der Waals surface area (Å²) < 4.78 is 31.1. The van der Waals surface area contributed by atoms with Crippen molar-refractivity contribution in [3.8, 4) is 0 Å². The molecule has 1 N–H and O–H groups in total. The number of rotatable bonds is 6. The SMILES string of the molecule is C=C(C)C(=O)C(C)(O)C(C)(C)OS(=O)(=O)OC. The Labute approximate surface area is 102 Å². The molecule has 1 unspecified atom stereocenters. The summed E-state index contributed by atoms with van der Waals surface area (Å²) in [5.74, 6) is -0.700. The zero-order valence-corrected chi connectivity index (χ0v) is 11.4. The predicted octanol–water partition coefficient (Wildman–Crippen LogP) is 0.569. The molecule has 0 radical (unpaired) electrons. The Hall–Kier alpha value is -0.760. The second-order valence-corrected chi connectivity index (χ2v) is 5.67. The summed E-state index contributed by atoms with van der Waals surface area (Å²) in [5, 5.41) is 10.1. The van der Waals surface area contributed by atoms with Crippen molar-refractivity contribution >= 4 is 16.2 Å². The normalized spacial score (nSPS) is 16.4. The first-order valence-electron chi connectivity index (χ1n) is 4.81. The van der Waals surface area contributed by atoms with Crippen molar-refractivity contribution in [2.24, 2.45) is 0 Å². The molecule has 0 bridgehead atoms. The number of carbonyl (C=O) groups excluding carboxylic acids is 1. The van der Waals surface area contributed by atoms with Gasteiger partial charge in [-0.25, -0.2) is 4.18 Å². The number of carbonyl (C=O) groups is 1. The third-order valence-corrected chi connectivity index (χ3v) is 3.55. The molecule has 0 aliphatic carbocycles. The monoisotopic (exact) mass is 266 g/mol. The van der Waals surface area contributed by atoms with Gasteiger partial charge in [-0.3, -0.25) is 8.98 Å². The number of hydrogen-bond acceptors (Lipinski definition) is 6. The van der Waals surface area contributed by atoms with Crippen molar-refractivity contribution in [3.05, 3.63) is 12.2 Å². The fraction of sp³-hybridized carbons (Fsp3) is 0.700. The molecule has 0 saturated carbocycles. The minimum atomic E-state index is -4.26. The van der Waals surface area contributed by atoms with Crippen molar-refractivity contribution in [2.75, 3.05) is 7.11 Å². The van der Waals surface area contributed by atoms with Gasteiger partial charge in [-0.2, -0.15) is 8.42 Å². The van der Waals surface area contributed by atoms with Crippen molar-refractivity contribution in [1.29, 1.82) is 0 Å². The van der Waals surface area contributed by atoms with Gasteiger partial charge in [-0.05, 0) is 33.3 Å². The maximum absolute atomic E-state index is 11.7. The first-order chi connectivity index (χ1) is 7.37. The molecular formula is C10H18O6S. The second kappa shape index (κ2) is 4.85. The molecule has 0 aromatic heterocycles. The van der Waals surface area contributed by atoms with Crippen molar-refractivity contribution in [1.82, 2.24) is 0 Å². The summed E-state index contributed by atoms with van der Waals surface area (Å²) in [7, 11) is -3.34. The zero-order chi connectivity index (χ0) is 14.1. The van der Waals surface area contributed by atoms with Gasteiger partial charge in [0, 0.05) is 0 Å². The highest BCUT2D eigenvalue weighted by Crippen LogP contribution is 2.30. The third kappa shape index (κ3) is 3.60. The molecule has 0 aromatic carbocycles. The van der Waals surface area contributed by atoms with E-state index in [2.05, 4.69) is 14.9 Å². The van der Waals surface area contributed by atoms with Gasteiger partial charge in [-0.15, -0.1) is 0 Å². The Bertz CT molecular complexity index is 418. The van der Waals surface area contributed by atoms with Crippen LogP contribution in [0.5, 0.6) is 0 Å². The van der Waals surface area contributed by atoms with Crippen LogP contribution in [0, 0.1) is 0 Å². The van der Waals surface area contributed by atoms with Crippen LogP contribution in [0.2, 0.25) is 0 Å². The van der Waals surface area contributed by atoms with E-state index < -0.39 is 27.4 Å². The number of hydrogen-bond donors (Lipinski definition) is 1. The summed E-state index contributed by atoms with van der Waals surface area (Å²) >= 11 is 0. The quantitative estimate of drug-likeness (QED) is 0.707. The molecule has 17 heavy (non-hydrogen) atoms. The van der Waals surface area contributed by atoms with E-state index in [1.54, 1.807) is 0 Å². The van der Waals surface area contributed by atoms with E-state index >= 15 is 0 Å². The van der Waals surface area contributed by atoms with Gasteiger partial charge >= 0.3 is 10.4 Å². The van der Waals surface area contributed by atoms with Crippen LogP contribution >= 0.6 is 0 Å². The van der Waals surface area contributed by atoms with E-state index in [9.17, 15) is 18.3 Å². The molecule has 0 aromatic rings. The lowest BCUT2D eigenvalue weighted by molar-refractivity contribution is -0.152. The van der Waals surface area contributed by atoms with Crippen molar-refractivity contribution < 1.29 is 26.7 Å². The van der Waals surface area contributed by atoms with Gasteiger partial charge in [0.2, 0.25) is 0 Å². The molecule has 0 aliphatic heterocycles. The zero-order valence-electron chi connectivity index (χ0n) is 10.6. The van der Waals surface area contributed by atoms with E-state index in [-0.39, 0.29) is 5.57 Å². The molecule has 0 amide bonds. The third-order valence-electron chi connectivity index (χ3n) is 2.52. The van der Waals surface area contributed by atoms with Crippen LogP contribution in [0.25, 0.3) is 0 Å². The maximum atomic E-state index is 11.7. The second-order valence-electron chi connectivity index (χ2n) is 4.35. The van der Waals surface area contributed by atoms with Gasteiger partial charge in [0.05, 0.1) is 7.11 Å². The minimum Gasteiger partial charge on any atom is -0.379 e. The number of Topliss-reactive ketones (excluding diaryl/α,β-unsaturated/α-hetero) is 1. The fourth-order valence-electron chi connectivity index (χ4n) is 1.06. The smallest absolute Gasteiger partial charge is 0.379 e. The maximum Gasteiger partial charge on any atom is 0.400 e. The average Bonchev–Trinajstić information content (AvgIpc) is 2.14. The molecule has 100 valence electrons. The van der Waals surface area contributed by atoms with Crippen LogP contribution in [-0.4, -0.2) is 37.6 Å². The van der Waals surface area contributed by atoms with Crippen LogP contribution in [0.4, 0.5) is 0 Å². The number of aliphatic hydroxyl groups is 1. The van der Waals surface area contributed by atoms with Gasteiger partial charge in [0.15, 0.2) is 11.4 Å². The lowest BCUT2D eigenvalue weighted by Gasteiger charge is -2.37. The van der Waals surface area contributed by atoms with Crippen LogP contribution in [0.3, 0.4) is 0 Å². The Morgan fingerprint density at radius 3 is 2.00 bits per heavy atom. The molecule has 0 heterocycles. The summed E-state index contributed by atoms with van der Waals surface area (Å²) in [5.41, 5.74) is -3.62. The lowest BCUT2D eigenvalue weighted by Crippen LogP contribution is -2.56. The van der Waals surface area contributed by atoms with Gasteiger partial charge < -0.3 is 5.11 Å². The highest BCUT2D eigenvalue weighted by molar-refractivity contribution is 7.81. The summed E-state index contributed by atoms with van der Waals surface area (Å²) in [6.07, 6.45) is 0. The van der Waals surface area contributed by atoms with Crippen LogP contribution in [0.15, 0.2) is 12.2 Å². The van der Waals surface area contributed by atoms with Crippen molar-refractivity contribution in [3.63, 3.8) is 0 Å². The van der Waals surface area contributed by atoms with Crippen LogP contribution < -0.4 is 0 Å². The summed E-state index contributed by atoms with van der Waals surface area (Å²) in [6.45, 7) is 8.52. The summed E-state index contributed by atoms with van der Waals surface area (Å²) in [6, 6.07) is 0. The van der Waals surface area contributed by atoms with Gasteiger partial charge in [0.1, 0.15) is 5.60 Å². The summed E-state index contributed by atoms with van der Waals surface area (Å²) in [4.78, 5) is 11.7. The molecule has 0 saturated heterocycles. The van der Waals surface area contributed by atoms with Crippen LogP contribution in [-0.2, 0) is 23.6 Å². The largest absolute Gasteiger partial charge is 0.400 e. The van der Waals surface area contributed by atoms with Gasteiger partial charge in [0.25, 0.3) is 0 Å². The van der Waals surface area contributed by atoms with E-state index in [4.69, 9.17) is 0 Å². The highest BCUT2D eigenvalue weighted by Gasteiger charge is 2.49. The Kier molecular flexibility index (Phi) is 4.63. The molecule has 0 spiro atoms. The standard InChI is InChI=1S/C10H18O6S/c1-7(2)8(11)10(5,12)9(3,4)16-17(13,14)15-6/h12H,1H2,2-6H3. The Morgan fingerprint density at radius 2 is 1.71 bits per heavy atom. The number of ketones is 1. The molecule has 0 rings (SSSR count). The molecule has 0 fully saturated rings. The molecular weight excluding hydrogens is 248 g/mol. The molecule has 0 aliphatic rings. The van der Waals surface area contributed by atoms with E-state index in [1.807, 2.05) is 0 Å². The van der Waals surface area contributed by atoms with Crippen molar-refractivity contribution in [2.45, 2.75) is 38.9 Å². The first-order valence-corrected chi connectivity index (χ1v) is 6.14. The molecule has 7 heteroatoms.